The summed E-state index contributed by atoms with van der Waals surface area (Å²) in [6.07, 6.45) is 0.886. The molecule has 0 spiro atoms. The number of carbonyl (C=O) groups excluding carboxylic acids is 1. The van der Waals surface area contributed by atoms with Crippen LogP contribution in [0, 0.1) is 12.8 Å². The maximum Gasteiger partial charge on any atom is 0.276 e. The molecule has 1 aromatic heterocycles. The topological polar surface area (TPSA) is 57.8 Å². The highest BCUT2D eigenvalue weighted by molar-refractivity contribution is 9.10. The number of anilines is 1. The number of aromatic amines is 1. The van der Waals surface area contributed by atoms with Gasteiger partial charge in [0.15, 0.2) is 5.69 Å². The van der Waals surface area contributed by atoms with Gasteiger partial charge in [0.05, 0.1) is 0 Å². The van der Waals surface area contributed by atoms with Gasteiger partial charge in [-0.15, -0.1) is 0 Å². The van der Waals surface area contributed by atoms with Crippen LogP contribution in [0.25, 0.3) is 0 Å². The molecular weight excluding hydrogens is 318 g/mol. The van der Waals surface area contributed by atoms with Crippen molar-refractivity contribution in [2.24, 2.45) is 5.92 Å². The Morgan fingerprint density at radius 2 is 2.15 bits per heavy atom. The predicted octanol–water partition coefficient (Wildman–Crippen LogP) is 3.93. The lowest BCUT2D eigenvalue weighted by Crippen LogP contribution is -2.13. The first-order chi connectivity index (χ1) is 9.45. The molecule has 0 aliphatic carbocycles. The highest BCUT2D eigenvalue weighted by Gasteiger charge is 2.12. The van der Waals surface area contributed by atoms with Crippen LogP contribution in [0.3, 0.4) is 0 Å². The van der Waals surface area contributed by atoms with E-state index in [4.69, 9.17) is 0 Å². The lowest BCUT2D eigenvalue weighted by molar-refractivity contribution is 0.102. The minimum Gasteiger partial charge on any atom is -0.320 e. The van der Waals surface area contributed by atoms with Crippen molar-refractivity contribution < 1.29 is 4.79 Å². The molecule has 0 fully saturated rings. The Hall–Kier alpha value is -1.62. The molecule has 0 atom stereocenters. The number of hydrogen-bond donors (Lipinski definition) is 2. The fourth-order valence-electron chi connectivity index (χ4n) is 1.98. The van der Waals surface area contributed by atoms with Gasteiger partial charge >= 0.3 is 0 Å². The van der Waals surface area contributed by atoms with E-state index in [1.807, 2.05) is 31.2 Å². The van der Waals surface area contributed by atoms with Crippen molar-refractivity contribution in [2.75, 3.05) is 5.32 Å². The van der Waals surface area contributed by atoms with Crippen LogP contribution in [0.2, 0.25) is 0 Å². The second kappa shape index (κ2) is 6.22. The van der Waals surface area contributed by atoms with E-state index in [9.17, 15) is 4.79 Å². The minimum atomic E-state index is -0.193. The van der Waals surface area contributed by atoms with Gasteiger partial charge in [-0.05, 0) is 49.1 Å². The van der Waals surface area contributed by atoms with Crippen LogP contribution in [-0.4, -0.2) is 16.1 Å². The molecule has 106 valence electrons. The fraction of sp³-hybridized carbons (Fsp3) is 0.333. The molecule has 1 aromatic carbocycles. The molecule has 2 aromatic rings. The molecule has 0 saturated heterocycles. The van der Waals surface area contributed by atoms with Crippen molar-refractivity contribution in [3.05, 3.63) is 45.7 Å². The average Bonchev–Trinajstić information content (AvgIpc) is 2.80. The Kier molecular flexibility index (Phi) is 4.60. The first kappa shape index (κ1) is 14.8. The van der Waals surface area contributed by atoms with Gasteiger partial charge in [0.25, 0.3) is 5.91 Å². The first-order valence-electron chi connectivity index (χ1n) is 6.57. The zero-order chi connectivity index (χ0) is 14.7. The Balaban J connectivity index is 2.09. The van der Waals surface area contributed by atoms with Crippen molar-refractivity contribution in [3.63, 3.8) is 0 Å². The number of halogens is 1. The summed E-state index contributed by atoms with van der Waals surface area (Å²) in [6.45, 7) is 6.21. The largest absolute Gasteiger partial charge is 0.320 e. The van der Waals surface area contributed by atoms with Crippen LogP contribution in [0.5, 0.6) is 0 Å². The molecule has 1 heterocycles. The molecule has 20 heavy (non-hydrogen) atoms. The summed E-state index contributed by atoms with van der Waals surface area (Å²) in [7, 11) is 0. The van der Waals surface area contributed by atoms with E-state index >= 15 is 0 Å². The van der Waals surface area contributed by atoms with Crippen LogP contribution >= 0.6 is 15.9 Å². The lowest BCUT2D eigenvalue weighted by Gasteiger charge is -2.07. The summed E-state index contributed by atoms with van der Waals surface area (Å²) >= 11 is 3.40. The summed E-state index contributed by atoms with van der Waals surface area (Å²) in [6, 6.07) is 7.55. The summed E-state index contributed by atoms with van der Waals surface area (Å²) in [5.74, 6) is 0.335. The van der Waals surface area contributed by atoms with Gasteiger partial charge in [-0.1, -0.05) is 29.8 Å². The van der Waals surface area contributed by atoms with Gasteiger partial charge in [0.2, 0.25) is 0 Å². The predicted molar refractivity (Wildman–Crippen MR) is 84.0 cm³/mol. The van der Waals surface area contributed by atoms with Gasteiger partial charge in [0, 0.05) is 15.9 Å². The SMILES string of the molecule is Cc1cc(Br)ccc1NC(=O)c1cc(CC(C)C)[nH]n1. The molecule has 2 N–H and O–H groups in total. The van der Waals surface area contributed by atoms with Crippen molar-refractivity contribution in [1.29, 1.82) is 0 Å². The number of carbonyl (C=O) groups is 1. The zero-order valence-corrected chi connectivity index (χ0v) is 13.4. The van der Waals surface area contributed by atoms with Crippen LogP contribution in [0.4, 0.5) is 5.69 Å². The molecule has 0 bridgehead atoms. The van der Waals surface area contributed by atoms with E-state index in [-0.39, 0.29) is 5.91 Å². The maximum absolute atomic E-state index is 12.1. The number of nitrogens with one attached hydrogen (secondary N) is 2. The molecule has 5 heteroatoms. The Bertz CT molecular complexity index is 619. The number of hydrogen-bond acceptors (Lipinski definition) is 2. The second-order valence-electron chi connectivity index (χ2n) is 5.29. The van der Waals surface area contributed by atoms with Crippen LogP contribution in [0.1, 0.15) is 35.6 Å². The smallest absolute Gasteiger partial charge is 0.276 e. The van der Waals surface area contributed by atoms with E-state index < -0.39 is 0 Å². The quantitative estimate of drug-likeness (QED) is 0.889. The number of nitrogens with zero attached hydrogens (tertiary/aromatic N) is 1. The monoisotopic (exact) mass is 335 g/mol. The number of H-pyrrole nitrogens is 1. The van der Waals surface area contributed by atoms with E-state index in [0.717, 1.165) is 27.8 Å². The third-order valence-corrected chi connectivity index (χ3v) is 3.42. The Morgan fingerprint density at radius 3 is 2.80 bits per heavy atom. The number of aryl methyl sites for hydroxylation is 1. The normalized spacial score (nSPS) is 10.8. The summed E-state index contributed by atoms with van der Waals surface area (Å²) < 4.78 is 0.993. The molecule has 2 rings (SSSR count). The standard InChI is InChI=1S/C15H18BrN3O/c1-9(2)6-12-8-14(19-18-12)15(20)17-13-5-4-11(16)7-10(13)3/h4-5,7-9H,6H2,1-3H3,(H,17,20)(H,18,19). The summed E-state index contributed by atoms with van der Waals surface area (Å²) in [5.41, 5.74) is 3.21. The highest BCUT2D eigenvalue weighted by Crippen LogP contribution is 2.20. The van der Waals surface area contributed by atoms with E-state index in [1.165, 1.54) is 0 Å². The van der Waals surface area contributed by atoms with Crippen LogP contribution in [-0.2, 0) is 6.42 Å². The highest BCUT2D eigenvalue weighted by atomic mass is 79.9. The van der Waals surface area contributed by atoms with Crippen molar-refractivity contribution in [1.82, 2.24) is 10.2 Å². The number of aromatic nitrogens is 2. The van der Waals surface area contributed by atoms with Crippen molar-refractivity contribution in [3.8, 4) is 0 Å². The Morgan fingerprint density at radius 1 is 1.40 bits per heavy atom. The molecular formula is C15H18BrN3O. The molecule has 0 radical (unpaired) electrons. The van der Waals surface area contributed by atoms with E-state index in [0.29, 0.717) is 11.6 Å². The molecule has 0 saturated carbocycles. The van der Waals surface area contributed by atoms with Gasteiger partial charge in [-0.25, -0.2) is 0 Å². The third-order valence-electron chi connectivity index (χ3n) is 2.93. The van der Waals surface area contributed by atoms with Gasteiger partial charge in [-0.3, -0.25) is 9.89 Å². The number of amides is 1. The van der Waals surface area contributed by atoms with Crippen LogP contribution in [0.15, 0.2) is 28.7 Å². The average molecular weight is 336 g/mol. The molecule has 0 aliphatic heterocycles. The van der Waals surface area contributed by atoms with Gasteiger partial charge < -0.3 is 5.32 Å². The second-order valence-corrected chi connectivity index (χ2v) is 6.21. The number of rotatable bonds is 4. The van der Waals surface area contributed by atoms with Crippen molar-refractivity contribution in [2.45, 2.75) is 27.2 Å². The van der Waals surface area contributed by atoms with E-state index in [1.54, 1.807) is 0 Å². The van der Waals surface area contributed by atoms with E-state index in [2.05, 4.69) is 45.3 Å². The molecule has 0 unspecified atom stereocenters. The minimum absolute atomic E-state index is 0.193. The van der Waals surface area contributed by atoms with Crippen molar-refractivity contribution >= 4 is 27.5 Å². The first-order valence-corrected chi connectivity index (χ1v) is 7.37. The number of benzene rings is 1. The third kappa shape index (κ3) is 3.70. The van der Waals surface area contributed by atoms with Gasteiger partial charge in [0.1, 0.15) is 0 Å². The Labute approximate surface area is 127 Å². The van der Waals surface area contributed by atoms with Crippen LogP contribution < -0.4 is 5.32 Å². The molecule has 0 aliphatic rings. The zero-order valence-electron chi connectivity index (χ0n) is 11.8. The molecule has 4 nitrogen and oxygen atoms in total. The summed E-state index contributed by atoms with van der Waals surface area (Å²) in [5, 5.41) is 9.85. The summed E-state index contributed by atoms with van der Waals surface area (Å²) in [4.78, 5) is 12.1. The van der Waals surface area contributed by atoms with Gasteiger partial charge in [-0.2, -0.15) is 5.10 Å². The molecule has 1 amide bonds. The fourth-order valence-corrected chi connectivity index (χ4v) is 2.45. The lowest BCUT2D eigenvalue weighted by atomic mass is 10.1. The maximum atomic E-state index is 12.1.